The minimum Gasteiger partial charge on any atom is -0.300 e. The van der Waals surface area contributed by atoms with Crippen molar-refractivity contribution in [1.29, 1.82) is 0 Å². The highest BCUT2D eigenvalue weighted by atomic mass is 35.7. The van der Waals surface area contributed by atoms with Gasteiger partial charge in [0, 0.05) is 23.3 Å². The average Bonchev–Trinajstić information content (AvgIpc) is 2.64. The van der Waals surface area contributed by atoms with Crippen LogP contribution in [0.1, 0.15) is 5.56 Å². The third kappa shape index (κ3) is 2.23. The Bertz CT molecular complexity index is 712. The Morgan fingerprint density at radius 2 is 2.00 bits per heavy atom. The van der Waals surface area contributed by atoms with Crippen molar-refractivity contribution in [3.63, 3.8) is 0 Å². The van der Waals surface area contributed by atoms with E-state index in [1.54, 1.807) is 13.0 Å². The van der Waals surface area contributed by atoms with E-state index in [1.807, 2.05) is 0 Å². The van der Waals surface area contributed by atoms with Gasteiger partial charge in [0.05, 0.1) is 0 Å². The van der Waals surface area contributed by atoms with Crippen LogP contribution in [0.5, 0.6) is 0 Å². The number of aryl methyl sites for hydroxylation is 1. The van der Waals surface area contributed by atoms with E-state index in [0.717, 1.165) is 0 Å². The molecule has 0 unspecified atom stereocenters. The van der Waals surface area contributed by atoms with Crippen molar-refractivity contribution in [2.24, 2.45) is 7.05 Å². The molecule has 0 aliphatic heterocycles. The summed E-state index contributed by atoms with van der Waals surface area (Å²) in [4.78, 5) is 0. The number of aromatic nitrogens is 3. The van der Waals surface area contributed by atoms with E-state index in [9.17, 15) is 12.8 Å². The van der Waals surface area contributed by atoms with Crippen LogP contribution in [-0.4, -0.2) is 23.2 Å². The molecular weight excluding hydrogens is 281 g/mol. The zero-order chi connectivity index (χ0) is 13.5. The molecule has 0 aliphatic rings. The monoisotopic (exact) mass is 289 g/mol. The maximum Gasteiger partial charge on any atom is 0.296 e. The van der Waals surface area contributed by atoms with Gasteiger partial charge in [-0.3, -0.25) is 4.57 Å². The Hall–Kier alpha value is -1.47. The smallest absolute Gasteiger partial charge is 0.296 e. The molecule has 0 N–H and O–H groups in total. The van der Waals surface area contributed by atoms with Gasteiger partial charge < -0.3 is 0 Å². The van der Waals surface area contributed by atoms with E-state index in [4.69, 9.17) is 10.7 Å². The molecule has 0 spiro atoms. The van der Waals surface area contributed by atoms with Gasteiger partial charge in [0.1, 0.15) is 5.82 Å². The quantitative estimate of drug-likeness (QED) is 0.792. The molecule has 18 heavy (non-hydrogen) atoms. The molecule has 8 heteroatoms. The number of hydrogen-bond acceptors (Lipinski definition) is 4. The molecule has 1 aromatic carbocycles. The summed E-state index contributed by atoms with van der Waals surface area (Å²) in [5.74, 6) is -0.0385. The second kappa shape index (κ2) is 4.33. The molecule has 1 heterocycles. The largest absolute Gasteiger partial charge is 0.300 e. The van der Waals surface area contributed by atoms with Crippen LogP contribution < -0.4 is 0 Å². The van der Waals surface area contributed by atoms with Crippen molar-refractivity contribution in [3.05, 3.63) is 29.6 Å². The van der Waals surface area contributed by atoms with Crippen molar-refractivity contribution in [1.82, 2.24) is 14.8 Å². The summed E-state index contributed by atoms with van der Waals surface area (Å²) < 4.78 is 36.8. The van der Waals surface area contributed by atoms with E-state index in [-0.39, 0.29) is 11.0 Å². The Balaban J connectivity index is 2.59. The summed E-state index contributed by atoms with van der Waals surface area (Å²) in [5.41, 5.74) is 1.00. The third-order valence-electron chi connectivity index (χ3n) is 2.47. The van der Waals surface area contributed by atoms with Crippen LogP contribution in [0.2, 0.25) is 0 Å². The topological polar surface area (TPSA) is 64.8 Å². The zero-order valence-electron chi connectivity index (χ0n) is 9.55. The molecule has 0 fully saturated rings. The van der Waals surface area contributed by atoms with E-state index in [0.29, 0.717) is 17.0 Å². The number of hydrogen-bond donors (Lipinski definition) is 0. The molecule has 96 valence electrons. The molecule has 0 aliphatic carbocycles. The van der Waals surface area contributed by atoms with E-state index < -0.39 is 9.05 Å². The van der Waals surface area contributed by atoms with Crippen LogP contribution >= 0.6 is 10.7 Å². The van der Waals surface area contributed by atoms with Gasteiger partial charge in [0.25, 0.3) is 14.2 Å². The molecule has 0 saturated carbocycles. The normalized spacial score (nSPS) is 11.8. The lowest BCUT2D eigenvalue weighted by Crippen LogP contribution is -2.03. The maximum atomic E-state index is 13.1. The lowest BCUT2D eigenvalue weighted by atomic mass is 10.1. The van der Waals surface area contributed by atoms with Gasteiger partial charge >= 0.3 is 0 Å². The fourth-order valence-electron chi connectivity index (χ4n) is 1.56. The molecule has 0 bridgehead atoms. The summed E-state index contributed by atoms with van der Waals surface area (Å²) in [6.07, 6.45) is 0. The minimum atomic E-state index is -3.95. The van der Waals surface area contributed by atoms with Gasteiger partial charge in [-0.2, -0.15) is 0 Å². The number of nitrogens with zero attached hydrogens (tertiary/aromatic N) is 3. The SMILES string of the molecule is Cc1cc(-c2nnc(S(=O)(=O)Cl)n2C)ccc1F. The first kappa shape index (κ1) is 13.0. The van der Waals surface area contributed by atoms with Gasteiger partial charge in [0.15, 0.2) is 5.82 Å². The average molecular weight is 290 g/mol. The predicted octanol–water partition coefficient (Wildman–Crippen LogP) is 1.86. The molecule has 0 amide bonds. The summed E-state index contributed by atoms with van der Waals surface area (Å²) >= 11 is 0. The van der Waals surface area contributed by atoms with Crippen LogP contribution in [-0.2, 0) is 16.1 Å². The molecular formula is C10H9ClFN3O2S. The predicted molar refractivity (Wildman–Crippen MR) is 64.2 cm³/mol. The van der Waals surface area contributed by atoms with Crippen LogP contribution in [0.3, 0.4) is 0 Å². The number of benzene rings is 1. The highest BCUT2D eigenvalue weighted by Gasteiger charge is 2.21. The second-order valence-corrected chi connectivity index (χ2v) is 6.23. The highest BCUT2D eigenvalue weighted by Crippen LogP contribution is 2.22. The van der Waals surface area contributed by atoms with Gasteiger partial charge in [-0.1, -0.05) is 0 Å². The summed E-state index contributed by atoms with van der Waals surface area (Å²) in [6, 6.07) is 4.34. The van der Waals surface area contributed by atoms with Crippen molar-refractivity contribution in [2.45, 2.75) is 12.1 Å². The lowest BCUT2D eigenvalue weighted by molar-refractivity contribution is 0.593. The second-order valence-electron chi connectivity index (χ2n) is 3.77. The molecule has 0 saturated heterocycles. The third-order valence-corrected chi connectivity index (χ3v) is 3.67. The number of rotatable bonds is 2. The first-order chi connectivity index (χ1) is 8.30. The van der Waals surface area contributed by atoms with Gasteiger partial charge in [-0.15, -0.1) is 10.2 Å². The highest BCUT2D eigenvalue weighted by molar-refractivity contribution is 8.13. The molecule has 0 atom stereocenters. The number of halogens is 2. The summed E-state index contributed by atoms with van der Waals surface area (Å²) in [5, 5.41) is 6.92. The minimum absolute atomic E-state index is 0.303. The summed E-state index contributed by atoms with van der Waals surface area (Å²) in [7, 11) is 2.73. The standard InChI is InChI=1S/C10H9ClFN3O2S/c1-6-5-7(3-4-8(6)12)9-13-14-10(15(9)2)18(11,16)17/h3-5H,1-2H3. The fourth-order valence-corrected chi connectivity index (χ4v) is 2.52. The van der Waals surface area contributed by atoms with Crippen molar-refractivity contribution in [2.75, 3.05) is 0 Å². The van der Waals surface area contributed by atoms with Crippen molar-refractivity contribution >= 4 is 19.7 Å². The van der Waals surface area contributed by atoms with E-state index in [1.165, 1.54) is 23.7 Å². The van der Waals surface area contributed by atoms with Crippen LogP contribution in [0, 0.1) is 12.7 Å². The van der Waals surface area contributed by atoms with Crippen molar-refractivity contribution < 1.29 is 12.8 Å². The first-order valence-corrected chi connectivity index (χ1v) is 7.22. The maximum absolute atomic E-state index is 13.1. The Morgan fingerprint density at radius 1 is 1.33 bits per heavy atom. The fraction of sp³-hybridized carbons (Fsp3) is 0.200. The van der Waals surface area contributed by atoms with Crippen LogP contribution in [0.25, 0.3) is 11.4 Å². The molecule has 0 radical (unpaired) electrons. The van der Waals surface area contributed by atoms with Crippen molar-refractivity contribution in [3.8, 4) is 11.4 Å². The molecule has 5 nitrogen and oxygen atoms in total. The summed E-state index contributed by atoms with van der Waals surface area (Å²) in [6.45, 7) is 1.61. The van der Waals surface area contributed by atoms with Gasteiger partial charge in [0.2, 0.25) is 0 Å². The van der Waals surface area contributed by atoms with Crippen LogP contribution in [0.4, 0.5) is 4.39 Å². The van der Waals surface area contributed by atoms with Crippen LogP contribution in [0.15, 0.2) is 23.4 Å². The Kier molecular flexibility index (Phi) is 3.12. The molecule has 1 aromatic heterocycles. The lowest BCUT2D eigenvalue weighted by Gasteiger charge is -2.03. The van der Waals surface area contributed by atoms with Gasteiger partial charge in [-0.05, 0) is 30.7 Å². The Labute approximate surface area is 108 Å². The first-order valence-electron chi connectivity index (χ1n) is 4.91. The Morgan fingerprint density at radius 3 is 2.50 bits per heavy atom. The van der Waals surface area contributed by atoms with Gasteiger partial charge in [-0.25, -0.2) is 12.8 Å². The zero-order valence-corrected chi connectivity index (χ0v) is 11.1. The molecule has 2 aromatic rings. The van der Waals surface area contributed by atoms with E-state index in [2.05, 4.69) is 10.2 Å². The molecule has 2 rings (SSSR count). The van der Waals surface area contributed by atoms with E-state index >= 15 is 0 Å².